The van der Waals surface area contributed by atoms with Crippen LogP contribution in [0, 0.1) is 0 Å². The van der Waals surface area contributed by atoms with Crippen LogP contribution >= 0.6 is 0 Å². The van der Waals surface area contributed by atoms with Crippen molar-refractivity contribution in [3.05, 3.63) is 17.7 Å². The van der Waals surface area contributed by atoms with Gasteiger partial charge in [0.05, 0.1) is 26.9 Å². The number of ether oxygens (including phenoxy) is 3. The second-order valence-corrected chi connectivity index (χ2v) is 5.81. The maximum absolute atomic E-state index is 12.6. The van der Waals surface area contributed by atoms with Gasteiger partial charge in [0.1, 0.15) is 0 Å². The Bertz CT molecular complexity index is 522. The fourth-order valence-electron chi connectivity index (χ4n) is 3.07. The Morgan fingerprint density at radius 3 is 2.17 bits per heavy atom. The third-order valence-electron chi connectivity index (χ3n) is 4.36. The molecular weight excluding hydrogens is 294 g/mol. The molecule has 1 fully saturated rings. The van der Waals surface area contributed by atoms with Crippen LogP contribution in [0.25, 0.3) is 0 Å². The molecule has 1 aromatic carbocycles. The Morgan fingerprint density at radius 2 is 1.61 bits per heavy atom. The lowest BCUT2D eigenvalue weighted by molar-refractivity contribution is 0.0961. The van der Waals surface area contributed by atoms with Crippen molar-refractivity contribution in [1.82, 2.24) is 4.90 Å². The van der Waals surface area contributed by atoms with E-state index < -0.39 is 0 Å². The first-order valence-corrected chi connectivity index (χ1v) is 8.25. The van der Waals surface area contributed by atoms with Crippen molar-refractivity contribution in [3.63, 3.8) is 0 Å². The van der Waals surface area contributed by atoms with Gasteiger partial charge in [0.25, 0.3) is 0 Å². The van der Waals surface area contributed by atoms with Crippen molar-refractivity contribution in [2.45, 2.75) is 32.1 Å². The molecule has 0 aliphatic carbocycles. The van der Waals surface area contributed by atoms with E-state index in [-0.39, 0.29) is 5.78 Å². The first kappa shape index (κ1) is 17.6. The van der Waals surface area contributed by atoms with Gasteiger partial charge in [0.2, 0.25) is 5.75 Å². The fourth-order valence-corrected chi connectivity index (χ4v) is 3.07. The number of likely N-dealkylation sites (tertiary alicyclic amines) is 1. The van der Waals surface area contributed by atoms with E-state index in [4.69, 9.17) is 14.2 Å². The molecule has 2 rings (SSSR count). The molecular formula is C18H27NO4. The van der Waals surface area contributed by atoms with E-state index >= 15 is 0 Å². The standard InChI is InChI=1S/C18H27NO4/c1-21-16-9-8-14(17(22-2)18(16)23-3)15(20)10-13-19-11-6-4-5-7-12-19/h8-9H,4-7,10-13H2,1-3H3. The number of hydrogen-bond donors (Lipinski definition) is 0. The van der Waals surface area contributed by atoms with Crippen LogP contribution < -0.4 is 14.2 Å². The molecule has 0 unspecified atom stereocenters. The summed E-state index contributed by atoms with van der Waals surface area (Å²) < 4.78 is 16.0. The largest absolute Gasteiger partial charge is 0.493 e. The Kier molecular flexibility index (Phi) is 6.71. The molecule has 1 aliphatic heterocycles. The predicted molar refractivity (Wildman–Crippen MR) is 90.0 cm³/mol. The van der Waals surface area contributed by atoms with Crippen LogP contribution in [0.3, 0.4) is 0 Å². The van der Waals surface area contributed by atoms with Crippen molar-refractivity contribution < 1.29 is 19.0 Å². The molecule has 0 N–H and O–H groups in total. The third kappa shape index (κ3) is 4.38. The highest BCUT2D eigenvalue weighted by atomic mass is 16.5. The second kappa shape index (κ2) is 8.77. The molecule has 0 spiro atoms. The summed E-state index contributed by atoms with van der Waals surface area (Å²) in [5.41, 5.74) is 0.556. The minimum atomic E-state index is 0.0760. The lowest BCUT2D eigenvalue weighted by Crippen LogP contribution is -2.27. The summed E-state index contributed by atoms with van der Waals surface area (Å²) in [4.78, 5) is 15.0. The van der Waals surface area contributed by atoms with Gasteiger partial charge in [-0.25, -0.2) is 0 Å². The maximum atomic E-state index is 12.6. The molecule has 1 aliphatic rings. The van der Waals surface area contributed by atoms with E-state index in [9.17, 15) is 4.79 Å². The number of carbonyl (C=O) groups excluding carboxylic acids is 1. The zero-order valence-electron chi connectivity index (χ0n) is 14.4. The van der Waals surface area contributed by atoms with E-state index in [1.807, 2.05) is 0 Å². The van der Waals surface area contributed by atoms with Crippen LogP contribution in [0.4, 0.5) is 0 Å². The van der Waals surface area contributed by atoms with Gasteiger partial charge >= 0.3 is 0 Å². The summed E-state index contributed by atoms with van der Waals surface area (Å²) in [6, 6.07) is 3.51. The van der Waals surface area contributed by atoms with Crippen LogP contribution in [0.5, 0.6) is 17.2 Å². The Labute approximate surface area is 138 Å². The predicted octanol–water partition coefficient (Wildman–Crippen LogP) is 3.16. The molecule has 0 amide bonds. The summed E-state index contributed by atoms with van der Waals surface area (Å²) in [7, 11) is 4.66. The van der Waals surface area contributed by atoms with Gasteiger partial charge in [-0.15, -0.1) is 0 Å². The smallest absolute Gasteiger partial charge is 0.204 e. The van der Waals surface area contributed by atoms with Gasteiger partial charge in [-0.1, -0.05) is 12.8 Å². The van der Waals surface area contributed by atoms with E-state index in [1.165, 1.54) is 25.7 Å². The SMILES string of the molecule is COc1ccc(C(=O)CCN2CCCCCC2)c(OC)c1OC. The maximum Gasteiger partial charge on any atom is 0.204 e. The van der Waals surface area contributed by atoms with Crippen molar-refractivity contribution in [2.24, 2.45) is 0 Å². The van der Waals surface area contributed by atoms with Crippen molar-refractivity contribution in [1.29, 1.82) is 0 Å². The highest BCUT2D eigenvalue weighted by Crippen LogP contribution is 2.40. The lowest BCUT2D eigenvalue weighted by Gasteiger charge is -2.20. The van der Waals surface area contributed by atoms with E-state index in [1.54, 1.807) is 33.5 Å². The lowest BCUT2D eigenvalue weighted by atomic mass is 10.1. The molecule has 5 heteroatoms. The molecule has 0 saturated carbocycles. The van der Waals surface area contributed by atoms with Gasteiger partial charge < -0.3 is 19.1 Å². The molecule has 0 bridgehead atoms. The molecule has 0 aromatic heterocycles. The number of hydrogen-bond acceptors (Lipinski definition) is 5. The topological polar surface area (TPSA) is 48.0 Å². The Balaban J connectivity index is 2.09. The van der Waals surface area contributed by atoms with E-state index in [2.05, 4.69) is 4.90 Å². The summed E-state index contributed by atoms with van der Waals surface area (Å²) >= 11 is 0. The third-order valence-corrected chi connectivity index (χ3v) is 4.36. The van der Waals surface area contributed by atoms with Crippen molar-refractivity contribution >= 4 is 5.78 Å². The Morgan fingerprint density at radius 1 is 0.957 bits per heavy atom. The van der Waals surface area contributed by atoms with Crippen LogP contribution in [0.1, 0.15) is 42.5 Å². The summed E-state index contributed by atoms with van der Waals surface area (Å²) in [6.45, 7) is 2.99. The molecule has 1 saturated heterocycles. The highest BCUT2D eigenvalue weighted by molar-refractivity contribution is 6.00. The van der Waals surface area contributed by atoms with E-state index in [0.717, 1.165) is 19.6 Å². The highest BCUT2D eigenvalue weighted by Gasteiger charge is 2.21. The van der Waals surface area contributed by atoms with Gasteiger partial charge in [-0.05, 0) is 38.1 Å². The normalized spacial score (nSPS) is 15.8. The average molecular weight is 321 g/mol. The van der Waals surface area contributed by atoms with Gasteiger partial charge in [0.15, 0.2) is 17.3 Å². The first-order chi connectivity index (χ1) is 11.2. The first-order valence-electron chi connectivity index (χ1n) is 8.25. The minimum absolute atomic E-state index is 0.0760. The van der Waals surface area contributed by atoms with Crippen molar-refractivity contribution in [3.8, 4) is 17.2 Å². The van der Waals surface area contributed by atoms with Gasteiger partial charge in [-0.2, -0.15) is 0 Å². The zero-order valence-corrected chi connectivity index (χ0v) is 14.4. The summed E-state index contributed by atoms with van der Waals surface area (Å²) in [6.07, 6.45) is 5.55. The number of carbonyl (C=O) groups is 1. The number of methoxy groups -OCH3 is 3. The molecule has 1 aromatic rings. The second-order valence-electron chi connectivity index (χ2n) is 5.81. The van der Waals surface area contributed by atoms with Crippen LogP contribution in [0.2, 0.25) is 0 Å². The number of benzene rings is 1. The Hall–Kier alpha value is -1.75. The van der Waals surface area contributed by atoms with Crippen LogP contribution in [-0.2, 0) is 0 Å². The van der Waals surface area contributed by atoms with Crippen molar-refractivity contribution in [2.75, 3.05) is 41.0 Å². The number of rotatable bonds is 7. The van der Waals surface area contributed by atoms with Crippen LogP contribution in [0.15, 0.2) is 12.1 Å². The molecule has 128 valence electrons. The summed E-state index contributed by atoms with van der Waals surface area (Å²) in [5, 5.41) is 0. The molecule has 5 nitrogen and oxygen atoms in total. The fraction of sp³-hybridized carbons (Fsp3) is 0.611. The summed E-state index contributed by atoms with van der Waals surface area (Å²) in [5.74, 6) is 1.56. The van der Waals surface area contributed by atoms with E-state index in [0.29, 0.717) is 29.2 Å². The van der Waals surface area contributed by atoms with Gasteiger partial charge in [-0.3, -0.25) is 4.79 Å². The van der Waals surface area contributed by atoms with Gasteiger partial charge in [0, 0.05) is 13.0 Å². The minimum Gasteiger partial charge on any atom is -0.493 e. The average Bonchev–Trinajstić information content (AvgIpc) is 2.86. The number of ketones is 1. The molecule has 0 radical (unpaired) electrons. The quantitative estimate of drug-likeness (QED) is 0.722. The molecule has 0 atom stereocenters. The van der Waals surface area contributed by atoms with Crippen LogP contribution in [-0.4, -0.2) is 51.6 Å². The molecule has 23 heavy (non-hydrogen) atoms. The zero-order chi connectivity index (χ0) is 16.7. The monoisotopic (exact) mass is 321 g/mol. The number of nitrogens with zero attached hydrogens (tertiary/aromatic N) is 1. The number of Topliss-reactive ketones (excluding diaryl/α,β-unsaturated/α-hetero) is 1. The molecule has 1 heterocycles.